The maximum atomic E-state index is 10.5. The predicted molar refractivity (Wildman–Crippen MR) is 82.7 cm³/mol. The number of carboxylic acids is 1. The van der Waals surface area contributed by atoms with Crippen molar-refractivity contribution >= 4 is 12.0 Å². The molecule has 2 nitrogen and oxygen atoms in total. The van der Waals surface area contributed by atoms with Crippen LogP contribution in [0.5, 0.6) is 0 Å². The molecule has 0 bridgehead atoms. The smallest absolute Gasteiger partial charge is 0.328 e. The summed E-state index contributed by atoms with van der Waals surface area (Å²) in [6, 6.07) is 8.36. The maximum Gasteiger partial charge on any atom is 0.328 e. The Balaban J connectivity index is 1.92. The predicted octanol–water partition coefficient (Wildman–Crippen LogP) is 4.86. The minimum atomic E-state index is -0.900. The number of rotatable bonds is 5. The zero-order valence-corrected chi connectivity index (χ0v) is 12.2. The van der Waals surface area contributed by atoms with E-state index >= 15 is 0 Å². The first kappa shape index (κ1) is 14.8. The number of hydrogen-bond acceptors (Lipinski definition) is 1. The molecule has 1 saturated carbocycles. The van der Waals surface area contributed by atoms with E-state index in [4.69, 9.17) is 5.11 Å². The largest absolute Gasteiger partial charge is 0.478 e. The molecule has 0 amide bonds. The van der Waals surface area contributed by atoms with Crippen LogP contribution in [0.4, 0.5) is 0 Å². The summed E-state index contributed by atoms with van der Waals surface area (Å²) in [6.07, 6.45) is 10.8. The van der Waals surface area contributed by atoms with E-state index in [2.05, 4.69) is 19.1 Å². The van der Waals surface area contributed by atoms with Crippen LogP contribution in [0.3, 0.4) is 0 Å². The molecule has 1 N–H and O–H groups in total. The molecular weight excluding hydrogens is 248 g/mol. The fourth-order valence-electron chi connectivity index (χ4n) is 3.24. The van der Waals surface area contributed by atoms with Crippen molar-refractivity contribution < 1.29 is 9.90 Å². The van der Waals surface area contributed by atoms with Gasteiger partial charge in [0.2, 0.25) is 0 Å². The lowest BCUT2D eigenvalue weighted by molar-refractivity contribution is -0.131. The van der Waals surface area contributed by atoms with E-state index in [1.54, 1.807) is 6.08 Å². The minimum absolute atomic E-state index is 0.695. The molecule has 1 aromatic carbocycles. The number of carbonyl (C=O) groups is 1. The van der Waals surface area contributed by atoms with Crippen molar-refractivity contribution in [3.05, 3.63) is 41.5 Å². The Morgan fingerprint density at radius 3 is 2.40 bits per heavy atom. The van der Waals surface area contributed by atoms with Crippen molar-refractivity contribution in [3.63, 3.8) is 0 Å². The molecule has 1 fully saturated rings. The molecule has 0 spiro atoms. The van der Waals surface area contributed by atoms with Crippen LogP contribution >= 0.6 is 0 Å². The van der Waals surface area contributed by atoms with E-state index in [0.29, 0.717) is 5.92 Å². The molecule has 0 aromatic heterocycles. The molecule has 0 atom stereocenters. The van der Waals surface area contributed by atoms with Gasteiger partial charge in [0.15, 0.2) is 0 Å². The average molecular weight is 272 g/mol. The molecule has 0 saturated heterocycles. The topological polar surface area (TPSA) is 37.3 Å². The van der Waals surface area contributed by atoms with E-state index in [-0.39, 0.29) is 0 Å². The van der Waals surface area contributed by atoms with E-state index in [9.17, 15) is 4.79 Å². The molecule has 108 valence electrons. The second kappa shape index (κ2) is 7.28. The highest BCUT2D eigenvalue weighted by molar-refractivity contribution is 5.85. The first-order chi connectivity index (χ1) is 9.69. The van der Waals surface area contributed by atoms with Crippen molar-refractivity contribution in [1.82, 2.24) is 0 Å². The van der Waals surface area contributed by atoms with Gasteiger partial charge in [-0.25, -0.2) is 4.79 Å². The fourth-order valence-corrected chi connectivity index (χ4v) is 3.24. The van der Waals surface area contributed by atoms with Gasteiger partial charge in [-0.15, -0.1) is 0 Å². The molecule has 2 rings (SSSR count). The van der Waals surface area contributed by atoms with Crippen molar-refractivity contribution in [2.24, 2.45) is 5.92 Å². The highest BCUT2D eigenvalue weighted by Crippen LogP contribution is 2.37. The molecule has 0 heterocycles. The second-order valence-corrected chi connectivity index (χ2v) is 5.84. The van der Waals surface area contributed by atoms with Gasteiger partial charge in [0.1, 0.15) is 0 Å². The van der Waals surface area contributed by atoms with Crippen LogP contribution in [0.2, 0.25) is 0 Å². The van der Waals surface area contributed by atoms with Gasteiger partial charge in [-0.05, 0) is 54.7 Å². The van der Waals surface area contributed by atoms with E-state index in [0.717, 1.165) is 11.5 Å². The summed E-state index contributed by atoms with van der Waals surface area (Å²) in [5, 5.41) is 8.61. The summed E-state index contributed by atoms with van der Waals surface area (Å²) < 4.78 is 0. The fraction of sp³-hybridized carbons (Fsp3) is 0.500. The average Bonchev–Trinajstić information content (AvgIpc) is 2.47. The second-order valence-electron chi connectivity index (χ2n) is 5.84. The Kier molecular flexibility index (Phi) is 5.40. The van der Waals surface area contributed by atoms with Gasteiger partial charge < -0.3 is 5.11 Å². The zero-order chi connectivity index (χ0) is 14.4. The van der Waals surface area contributed by atoms with Gasteiger partial charge >= 0.3 is 5.97 Å². The Hall–Kier alpha value is -1.57. The van der Waals surface area contributed by atoms with Gasteiger partial charge in [-0.1, -0.05) is 44.0 Å². The van der Waals surface area contributed by atoms with Crippen molar-refractivity contribution in [2.75, 3.05) is 0 Å². The molecule has 0 radical (unpaired) electrons. The summed E-state index contributed by atoms with van der Waals surface area (Å²) in [4.78, 5) is 10.5. The highest BCUT2D eigenvalue weighted by Gasteiger charge is 2.21. The van der Waals surface area contributed by atoms with Gasteiger partial charge in [0, 0.05) is 6.08 Å². The van der Waals surface area contributed by atoms with Gasteiger partial charge in [0.25, 0.3) is 0 Å². The summed E-state index contributed by atoms with van der Waals surface area (Å²) in [5.41, 5.74) is 2.36. The van der Waals surface area contributed by atoms with Gasteiger partial charge in [-0.2, -0.15) is 0 Å². The first-order valence-electron chi connectivity index (χ1n) is 7.70. The van der Waals surface area contributed by atoms with Gasteiger partial charge in [-0.3, -0.25) is 0 Å². The summed E-state index contributed by atoms with van der Waals surface area (Å²) in [7, 11) is 0. The molecule has 1 aliphatic carbocycles. The lowest BCUT2D eigenvalue weighted by atomic mass is 9.77. The Bertz CT molecular complexity index is 451. The van der Waals surface area contributed by atoms with Crippen LogP contribution < -0.4 is 0 Å². The first-order valence-corrected chi connectivity index (χ1v) is 7.70. The molecular formula is C18H24O2. The van der Waals surface area contributed by atoms with E-state index in [1.165, 1.54) is 50.2 Å². The zero-order valence-electron chi connectivity index (χ0n) is 12.2. The standard InChI is InChI=1S/C18H24O2/c1-2-3-14-4-9-16(10-5-14)17-11-6-15(7-12-17)8-13-18(19)20/h6-8,11-14,16H,2-5,9-10H2,1H3,(H,19,20). The third-order valence-corrected chi connectivity index (χ3v) is 4.37. The number of benzene rings is 1. The molecule has 0 aliphatic heterocycles. The van der Waals surface area contributed by atoms with Crippen molar-refractivity contribution in [1.29, 1.82) is 0 Å². The summed E-state index contributed by atoms with van der Waals surface area (Å²) >= 11 is 0. The highest BCUT2D eigenvalue weighted by atomic mass is 16.4. The van der Waals surface area contributed by atoms with Crippen LogP contribution in [0.25, 0.3) is 6.08 Å². The Labute approximate surface area is 121 Å². The summed E-state index contributed by atoms with van der Waals surface area (Å²) in [5.74, 6) is 0.734. The number of aliphatic carboxylic acids is 1. The monoisotopic (exact) mass is 272 g/mol. The third-order valence-electron chi connectivity index (χ3n) is 4.37. The van der Waals surface area contributed by atoms with Crippen molar-refractivity contribution in [3.8, 4) is 0 Å². The van der Waals surface area contributed by atoms with Crippen LogP contribution in [0, 0.1) is 5.92 Å². The van der Waals surface area contributed by atoms with Crippen LogP contribution in [0.1, 0.15) is 62.5 Å². The normalized spacial score (nSPS) is 23.1. The summed E-state index contributed by atoms with van der Waals surface area (Å²) in [6.45, 7) is 2.27. The minimum Gasteiger partial charge on any atom is -0.478 e. The lowest BCUT2D eigenvalue weighted by Gasteiger charge is -2.28. The van der Waals surface area contributed by atoms with E-state index in [1.807, 2.05) is 12.1 Å². The van der Waals surface area contributed by atoms with Crippen LogP contribution in [0.15, 0.2) is 30.3 Å². The van der Waals surface area contributed by atoms with Gasteiger partial charge in [0.05, 0.1) is 0 Å². The maximum absolute atomic E-state index is 10.5. The Morgan fingerprint density at radius 2 is 1.85 bits per heavy atom. The lowest BCUT2D eigenvalue weighted by Crippen LogP contribution is -2.13. The number of hydrogen-bond donors (Lipinski definition) is 1. The molecule has 1 aliphatic rings. The molecule has 2 heteroatoms. The molecule has 1 aromatic rings. The van der Waals surface area contributed by atoms with Crippen LogP contribution in [-0.4, -0.2) is 11.1 Å². The van der Waals surface area contributed by atoms with Crippen LogP contribution in [-0.2, 0) is 4.79 Å². The van der Waals surface area contributed by atoms with E-state index < -0.39 is 5.97 Å². The molecule has 20 heavy (non-hydrogen) atoms. The molecule has 0 unspecified atom stereocenters. The quantitative estimate of drug-likeness (QED) is 0.777. The third kappa shape index (κ3) is 4.22. The Morgan fingerprint density at radius 1 is 1.20 bits per heavy atom. The van der Waals surface area contributed by atoms with Crippen molar-refractivity contribution in [2.45, 2.75) is 51.4 Å². The number of carboxylic acid groups (broad SMARTS) is 1. The SMILES string of the molecule is CCCC1CCC(c2ccc(C=CC(=O)O)cc2)CC1.